The van der Waals surface area contributed by atoms with Crippen molar-refractivity contribution in [1.82, 2.24) is 5.32 Å². The van der Waals surface area contributed by atoms with Crippen LogP contribution < -0.4 is 5.32 Å². The average molecular weight is 275 g/mol. The maximum absolute atomic E-state index is 11.6. The molecule has 18 heavy (non-hydrogen) atoms. The molecule has 106 valence electrons. The zero-order valence-electron chi connectivity index (χ0n) is 11.2. The molecule has 0 radical (unpaired) electrons. The van der Waals surface area contributed by atoms with Gasteiger partial charge in [-0.15, -0.1) is 0 Å². The van der Waals surface area contributed by atoms with E-state index in [1.54, 1.807) is 0 Å². The first-order chi connectivity index (χ1) is 8.61. The maximum atomic E-state index is 11.6. The second-order valence-corrected chi connectivity index (χ2v) is 7.82. The number of sulfone groups is 1. The molecule has 2 atom stereocenters. The molecule has 1 aliphatic heterocycles. The first kappa shape index (κ1) is 14.3. The molecule has 1 N–H and O–H groups in total. The summed E-state index contributed by atoms with van der Waals surface area (Å²) < 4.78 is 28.6. The van der Waals surface area contributed by atoms with Crippen LogP contribution in [0.25, 0.3) is 0 Å². The Kier molecular flexibility index (Phi) is 5.04. The molecule has 5 heteroatoms. The van der Waals surface area contributed by atoms with Crippen LogP contribution in [0.15, 0.2) is 0 Å². The van der Waals surface area contributed by atoms with Gasteiger partial charge in [-0.3, -0.25) is 0 Å². The van der Waals surface area contributed by atoms with Crippen molar-refractivity contribution in [2.24, 2.45) is 11.8 Å². The van der Waals surface area contributed by atoms with E-state index in [1.807, 2.05) is 6.92 Å². The second kappa shape index (κ2) is 6.35. The van der Waals surface area contributed by atoms with Crippen LogP contribution in [0.2, 0.25) is 0 Å². The summed E-state index contributed by atoms with van der Waals surface area (Å²) in [5.74, 6) is 1.55. The summed E-state index contributed by atoms with van der Waals surface area (Å²) >= 11 is 0. The molecule has 2 rings (SSSR count). The average Bonchev–Trinajstić information content (AvgIpc) is 3.07. The van der Waals surface area contributed by atoms with Crippen molar-refractivity contribution in [3.05, 3.63) is 0 Å². The SMILES string of the molecule is CCOCCC(CNC1CC1)C1CCS(=O)(=O)C1. The number of hydrogen-bond donors (Lipinski definition) is 1. The third-order valence-corrected chi connectivity index (χ3v) is 5.81. The molecule has 0 aromatic heterocycles. The summed E-state index contributed by atoms with van der Waals surface area (Å²) in [7, 11) is -2.76. The normalized spacial score (nSPS) is 28.4. The lowest BCUT2D eigenvalue weighted by molar-refractivity contribution is 0.122. The molecule has 1 aliphatic carbocycles. The van der Waals surface area contributed by atoms with Gasteiger partial charge in [0.2, 0.25) is 0 Å². The Balaban J connectivity index is 1.81. The molecule has 0 bridgehead atoms. The van der Waals surface area contributed by atoms with Crippen molar-refractivity contribution in [1.29, 1.82) is 0 Å². The maximum Gasteiger partial charge on any atom is 0.150 e. The van der Waals surface area contributed by atoms with Gasteiger partial charge in [0, 0.05) is 19.3 Å². The van der Waals surface area contributed by atoms with E-state index in [9.17, 15) is 8.42 Å². The fourth-order valence-corrected chi connectivity index (χ4v) is 4.60. The minimum absolute atomic E-state index is 0.335. The molecular formula is C13H25NO3S. The predicted molar refractivity (Wildman–Crippen MR) is 72.4 cm³/mol. The van der Waals surface area contributed by atoms with Crippen LogP contribution in [0.5, 0.6) is 0 Å². The lowest BCUT2D eigenvalue weighted by atomic mass is 9.89. The Morgan fingerprint density at radius 3 is 2.67 bits per heavy atom. The summed E-state index contributed by atoms with van der Waals surface area (Å²) in [5.41, 5.74) is 0. The van der Waals surface area contributed by atoms with Crippen molar-refractivity contribution in [2.45, 2.75) is 38.6 Å². The van der Waals surface area contributed by atoms with Gasteiger partial charge in [0.05, 0.1) is 11.5 Å². The fourth-order valence-electron chi connectivity index (χ4n) is 2.68. The third kappa shape index (κ3) is 4.52. The Bertz CT molecular complexity index is 351. The molecule has 0 spiro atoms. The van der Waals surface area contributed by atoms with Crippen molar-refractivity contribution >= 4 is 9.84 Å². The van der Waals surface area contributed by atoms with Gasteiger partial charge in [0.1, 0.15) is 0 Å². The molecular weight excluding hydrogens is 250 g/mol. The van der Waals surface area contributed by atoms with E-state index in [2.05, 4.69) is 5.32 Å². The van der Waals surface area contributed by atoms with Gasteiger partial charge in [0.25, 0.3) is 0 Å². The van der Waals surface area contributed by atoms with Crippen LogP contribution in [0.1, 0.15) is 32.6 Å². The monoisotopic (exact) mass is 275 g/mol. The van der Waals surface area contributed by atoms with Gasteiger partial charge in [-0.1, -0.05) is 0 Å². The topological polar surface area (TPSA) is 55.4 Å². The summed E-state index contributed by atoms with van der Waals surface area (Å²) in [6, 6.07) is 0.692. The molecule has 1 heterocycles. The highest BCUT2D eigenvalue weighted by atomic mass is 32.2. The zero-order valence-corrected chi connectivity index (χ0v) is 12.0. The molecule has 2 aliphatic rings. The van der Waals surface area contributed by atoms with Crippen molar-refractivity contribution in [2.75, 3.05) is 31.3 Å². The minimum Gasteiger partial charge on any atom is -0.382 e. The highest BCUT2D eigenvalue weighted by Gasteiger charge is 2.34. The van der Waals surface area contributed by atoms with Crippen molar-refractivity contribution in [3.8, 4) is 0 Å². The highest BCUT2D eigenvalue weighted by molar-refractivity contribution is 7.91. The van der Waals surface area contributed by atoms with Crippen LogP contribution in [0.4, 0.5) is 0 Å². The second-order valence-electron chi connectivity index (χ2n) is 5.59. The van der Waals surface area contributed by atoms with Crippen LogP contribution in [-0.4, -0.2) is 45.7 Å². The standard InChI is InChI=1S/C13H25NO3S/c1-2-17-7-5-11(9-14-13-3-4-13)12-6-8-18(15,16)10-12/h11-14H,2-10H2,1H3. The molecule has 0 aromatic carbocycles. The predicted octanol–water partition coefficient (Wildman–Crippen LogP) is 1.22. The van der Waals surface area contributed by atoms with Crippen LogP contribution in [0.3, 0.4) is 0 Å². The third-order valence-electron chi connectivity index (χ3n) is 4.02. The van der Waals surface area contributed by atoms with E-state index < -0.39 is 9.84 Å². The van der Waals surface area contributed by atoms with E-state index in [0.29, 0.717) is 29.4 Å². The Morgan fingerprint density at radius 2 is 2.11 bits per heavy atom. The Labute approximate surface area is 110 Å². The molecule has 2 unspecified atom stereocenters. The lowest BCUT2D eigenvalue weighted by Crippen LogP contribution is -2.31. The van der Waals surface area contributed by atoms with Gasteiger partial charge in [0.15, 0.2) is 9.84 Å². The molecule has 2 fully saturated rings. The van der Waals surface area contributed by atoms with Crippen LogP contribution in [0, 0.1) is 11.8 Å². The van der Waals surface area contributed by atoms with E-state index in [1.165, 1.54) is 12.8 Å². The van der Waals surface area contributed by atoms with Crippen LogP contribution in [-0.2, 0) is 14.6 Å². The first-order valence-electron chi connectivity index (χ1n) is 7.12. The molecule has 1 saturated carbocycles. The highest BCUT2D eigenvalue weighted by Crippen LogP contribution is 2.29. The quantitative estimate of drug-likeness (QED) is 0.677. The summed E-state index contributed by atoms with van der Waals surface area (Å²) in [6.45, 7) is 4.45. The molecule has 0 aromatic rings. The number of nitrogens with one attached hydrogen (secondary N) is 1. The number of ether oxygens (including phenoxy) is 1. The van der Waals surface area contributed by atoms with Gasteiger partial charge >= 0.3 is 0 Å². The van der Waals surface area contributed by atoms with E-state index in [4.69, 9.17) is 4.74 Å². The number of hydrogen-bond acceptors (Lipinski definition) is 4. The molecule has 4 nitrogen and oxygen atoms in total. The van der Waals surface area contributed by atoms with Crippen LogP contribution >= 0.6 is 0 Å². The van der Waals surface area contributed by atoms with Gasteiger partial charge in [-0.05, 0) is 51.0 Å². The molecule has 0 amide bonds. The summed E-state index contributed by atoms with van der Waals surface area (Å²) in [5, 5.41) is 3.54. The van der Waals surface area contributed by atoms with Crippen molar-refractivity contribution < 1.29 is 13.2 Å². The van der Waals surface area contributed by atoms with E-state index in [-0.39, 0.29) is 0 Å². The Morgan fingerprint density at radius 1 is 1.33 bits per heavy atom. The van der Waals surface area contributed by atoms with Gasteiger partial charge < -0.3 is 10.1 Å². The largest absolute Gasteiger partial charge is 0.382 e. The minimum atomic E-state index is -2.76. The molecule has 1 saturated heterocycles. The summed E-state index contributed by atoms with van der Waals surface area (Å²) in [4.78, 5) is 0. The zero-order chi connectivity index (χ0) is 13.0. The van der Waals surface area contributed by atoms with Crippen molar-refractivity contribution in [3.63, 3.8) is 0 Å². The summed E-state index contributed by atoms with van der Waals surface area (Å²) in [6.07, 6.45) is 4.38. The number of rotatable bonds is 8. The fraction of sp³-hybridized carbons (Fsp3) is 1.00. The van der Waals surface area contributed by atoms with Gasteiger partial charge in [-0.25, -0.2) is 8.42 Å². The lowest BCUT2D eigenvalue weighted by Gasteiger charge is -2.23. The first-order valence-corrected chi connectivity index (χ1v) is 8.94. The smallest absolute Gasteiger partial charge is 0.150 e. The van der Waals surface area contributed by atoms with E-state index >= 15 is 0 Å². The van der Waals surface area contributed by atoms with Gasteiger partial charge in [-0.2, -0.15) is 0 Å². The Hall–Kier alpha value is -0.130. The van der Waals surface area contributed by atoms with E-state index in [0.717, 1.165) is 32.6 Å².